The van der Waals surface area contributed by atoms with Crippen LogP contribution in [0.5, 0.6) is 5.75 Å². The number of rotatable bonds is 8. The Morgan fingerprint density at radius 1 is 1.18 bits per heavy atom. The van der Waals surface area contributed by atoms with Gasteiger partial charge in [0.2, 0.25) is 11.8 Å². The molecule has 3 N–H and O–H groups in total. The van der Waals surface area contributed by atoms with E-state index in [1.807, 2.05) is 73.7 Å². The van der Waals surface area contributed by atoms with Crippen molar-refractivity contribution in [3.63, 3.8) is 0 Å². The highest BCUT2D eigenvalue weighted by Gasteiger charge is 2.61. The van der Waals surface area contributed by atoms with E-state index in [4.69, 9.17) is 14.5 Å². The van der Waals surface area contributed by atoms with Gasteiger partial charge >= 0.3 is 12.1 Å². The second-order valence-electron chi connectivity index (χ2n) is 13.0. The number of hydrogen-bond acceptors (Lipinski definition) is 7. The van der Waals surface area contributed by atoms with Gasteiger partial charge in [-0.2, -0.15) is 0 Å². The molecule has 2 fully saturated rings. The average Bonchev–Trinajstić information content (AvgIpc) is 3.67. The van der Waals surface area contributed by atoms with Gasteiger partial charge in [0, 0.05) is 29.4 Å². The second-order valence-corrected chi connectivity index (χ2v) is 13.0. The second kappa shape index (κ2) is 14.5. The third-order valence-electron chi connectivity index (χ3n) is 9.53. The molecular weight excluding hydrogens is 624 g/mol. The van der Waals surface area contributed by atoms with Gasteiger partial charge in [0.25, 0.3) is 0 Å². The van der Waals surface area contributed by atoms with Gasteiger partial charge in [-0.1, -0.05) is 74.4 Å². The number of benzene rings is 2. The topological polar surface area (TPSA) is 147 Å². The maximum Gasteiger partial charge on any atom is 0.407 e. The van der Waals surface area contributed by atoms with Gasteiger partial charge in [-0.15, -0.1) is 6.58 Å². The molecule has 2 aromatic carbocycles. The number of cyclic esters (lactones) is 1. The summed E-state index contributed by atoms with van der Waals surface area (Å²) in [5.41, 5.74) is 1.81. The van der Waals surface area contributed by atoms with Gasteiger partial charge in [-0.3, -0.25) is 9.59 Å². The van der Waals surface area contributed by atoms with E-state index >= 15 is 0 Å². The van der Waals surface area contributed by atoms with Crippen molar-refractivity contribution < 1.29 is 33.8 Å². The van der Waals surface area contributed by atoms with E-state index in [2.05, 4.69) is 17.2 Å². The lowest BCUT2D eigenvalue weighted by atomic mass is 10.1. The van der Waals surface area contributed by atoms with Crippen LogP contribution < -0.4 is 15.4 Å². The molecule has 6 rings (SSSR count). The van der Waals surface area contributed by atoms with Gasteiger partial charge in [0.05, 0.1) is 24.4 Å². The van der Waals surface area contributed by atoms with Crippen LogP contribution in [0.15, 0.2) is 73.3 Å². The zero-order chi connectivity index (χ0) is 34.5. The summed E-state index contributed by atoms with van der Waals surface area (Å²) in [5.74, 6) is -2.07. The van der Waals surface area contributed by atoms with Gasteiger partial charge in [-0.05, 0) is 43.4 Å². The first-order chi connectivity index (χ1) is 23.7. The van der Waals surface area contributed by atoms with E-state index in [1.54, 1.807) is 0 Å². The highest BCUT2D eigenvalue weighted by Crippen LogP contribution is 2.45. The maximum absolute atomic E-state index is 14.2. The highest BCUT2D eigenvalue weighted by atomic mass is 16.5. The minimum atomic E-state index is -1.47. The number of carboxylic acid groups (broad SMARTS) is 1. The molecule has 3 heterocycles. The van der Waals surface area contributed by atoms with E-state index in [1.165, 1.54) is 11.0 Å². The van der Waals surface area contributed by atoms with Crippen molar-refractivity contribution in [2.24, 2.45) is 5.92 Å². The Morgan fingerprint density at radius 3 is 2.73 bits per heavy atom. The molecule has 11 nitrogen and oxygen atoms in total. The first-order valence-corrected chi connectivity index (χ1v) is 17.0. The normalized spacial score (nSPS) is 26.1. The third-order valence-corrected chi connectivity index (χ3v) is 9.53. The Labute approximate surface area is 285 Å². The Balaban J connectivity index is 1.39. The fourth-order valence-corrected chi connectivity index (χ4v) is 6.68. The van der Waals surface area contributed by atoms with E-state index in [0.29, 0.717) is 37.1 Å². The number of amides is 3. The van der Waals surface area contributed by atoms with Crippen LogP contribution in [0.2, 0.25) is 0 Å². The zero-order valence-electron chi connectivity index (χ0n) is 27.6. The molecule has 4 bridgehead atoms. The molecular formula is C38H42N4O7. The Kier molecular flexibility index (Phi) is 9.98. The lowest BCUT2D eigenvalue weighted by Gasteiger charge is -2.29. The fraction of sp³-hybridized carbons (Fsp3) is 0.395. The summed E-state index contributed by atoms with van der Waals surface area (Å²) in [6.45, 7) is 5.92. The zero-order valence-corrected chi connectivity index (χ0v) is 27.6. The minimum absolute atomic E-state index is 0.0469. The number of carboxylic acids is 1. The van der Waals surface area contributed by atoms with Crippen molar-refractivity contribution in [1.29, 1.82) is 0 Å². The number of fused-ring (bicyclic) bond motifs is 3. The monoisotopic (exact) mass is 666 g/mol. The van der Waals surface area contributed by atoms with Crippen LogP contribution in [-0.2, 0) is 19.1 Å². The summed E-state index contributed by atoms with van der Waals surface area (Å²) in [4.78, 5) is 59.6. The van der Waals surface area contributed by atoms with Crippen molar-refractivity contribution in [1.82, 2.24) is 20.5 Å². The average molecular weight is 667 g/mol. The first-order valence-electron chi connectivity index (χ1n) is 17.0. The number of alkyl carbamates (subject to hydrolysis) is 1. The summed E-state index contributed by atoms with van der Waals surface area (Å²) in [6, 6.07) is 15.6. The van der Waals surface area contributed by atoms with Gasteiger partial charge in [-0.25, -0.2) is 14.6 Å². The molecule has 256 valence electrons. The van der Waals surface area contributed by atoms with Crippen molar-refractivity contribution in [3.05, 3.63) is 78.9 Å². The quantitative estimate of drug-likeness (QED) is 0.268. The SMILES string of the molecule is C=C[C@H]1C[C@]1(NC(=O)[C@@H]1C[C@@H]2CN1C(=O)[C@H](CCCC)NC(=O)OCCC/C=C/c1ccc3nc(-c4ccccc4)cc(c3c1)O2)C(=O)O. The molecule has 0 unspecified atom stereocenters. The molecule has 3 aliphatic rings. The summed E-state index contributed by atoms with van der Waals surface area (Å²) < 4.78 is 12.1. The van der Waals surface area contributed by atoms with Crippen molar-refractivity contribution in [2.45, 2.75) is 75.6 Å². The summed E-state index contributed by atoms with van der Waals surface area (Å²) in [6.07, 6.45) is 7.59. The summed E-state index contributed by atoms with van der Waals surface area (Å²) >= 11 is 0. The Morgan fingerprint density at radius 2 is 2.00 bits per heavy atom. The molecule has 1 aliphatic carbocycles. The van der Waals surface area contributed by atoms with Crippen molar-refractivity contribution in [2.75, 3.05) is 13.2 Å². The standard InChI is InChI=1S/C38H42N4O7/c1-3-5-15-30-35(44)42-23-27(20-32(42)34(43)41-38(36(45)46)22-26(38)4-2)49-33-21-31(25-13-9-6-10-14-25)39-29-17-16-24(19-28(29)33)12-8-7-11-18-48-37(47)40-30/h4,6,8-10,12-14,16-17,19,21,26-27,30,32H,2-3,5,7,11,15,18,20,22-23H2,1H3,(H,40,47)(H,41,43)(H,45,46)/b12-8+/t26-,27+,30-,32-,38+/m0/s1. The molecule has 11 heteroatoms. The molecule has 1 saturated heterocycles. The number of unbranched alkanes of at least 4 members (excludes halogenated alkanes) is 1. The number of nitrogens with one attached hydrogen (secondary N) is 2. The number of aromatic nitrogens is 1. The Hall–Kier alpha value is -5.19. The number of hydrogen-bond donors (Lipinski definition) is 3. The first kappa shape index (κ1) is 33.7. The van der Waals surface area contributed by atoms with Crippen molar-refractivity contribution in [3.8, 4) is 17.0 Å². The third kappa shape index (κ3) is 7.30. The molecule has 1 saturated carbocycles. The molecule has 49 heavy (non-hydrogen) atoms. The minimum Gasteiger partial charge on any atom is -0.488 e. The predicted molar refractivity (Wildman–Crippen MR) is 185 cm³/mol. The lowest BCUT2D eigenvalue weighted by Crippen LogP contribution is -2.56. The lowest BCUT2D eigenvalue weighted by molar-refractivity contribution is -0.145. The molecule has 0 spiro atoms. The molecule has 3 amide bonds. The van der Waals surface area contributed by atoms with E-state index in [0.717, 1.165) is 28.5 Å². The van der Waals surface area contributed by atoms with E-state index in [9.17, 15) is 24.3 Å². The van der Waals surface area contributed by atoms with Crippen LogP contribution >= 0.6 is 0 Å². The van der Waals surface area contributed by atoms with Crippen LogP contribution in [0.25, 0.3) is 28.2 Å². The molecule has 2 aliphatic heterocycles. The van der Waals surface area contributed by atoms with Crippen LogP contribution in [0.3, 0.4) is 0 Å². The van der Waals surface area contributed by atoms with Crippen LogP contribution in [0.4, 0.5) is 4.79 Å². The number of pyridine rings is 1. The van der Waals surface area contributed by atoms with Gasteiger partial charge in [0.15, 0.2) is 0 Å². The molecule has 3 aromatic rings. The highest BCUT2D eigenvalue weighted by molar-refractivity contribution is 5.96. The number of allylic oxidation sites excluding steroid dienone is 1. The molecule has 5 atom stereocenters. The number of carbonyl (C=O) groups excluding carboxylic acids is 3. The maximum atomic E-state index is 14.2. The molecule has 1 aromatic heterocycles. The largest absolute Gasteiger partial charge is 0.488 e. The summed E-state index contributed by atoms with van der Waals surface area (Å²) in [5, 5.41) is 16.2. The van der Waals surface area contributed by atoms with E-state index < -0.39 is 53.5 Å². The Bertz CT molecular complexity index is 1780. The number of carbonyl (C=O) groups is 4. The van der Waals surface area contributed by atoms with Gasteiger partial charge < -0.3 is 30.1 Å². The van der Waals surface area contributed by atoms with E-state index in [-0.39, 0.29) is 26.0 Å². The van der Waals surface area contributed by atoms with Gasteiger partial charge in [0.1, 0.15) is 29.5 Å². The van der Waals surface area contributed by atoms with Crippen molar-refractivity contribution >= 4 is 40.9 Å². The smallest absolute Gasteiger partial charge is 0.407 e. The number of aliphatic carboxylic acids is 1. The number of ether oxygens (including phenoxy) is 2. The number of nitrogens with zero attached hydrogens (tertiary/aromatic N) is 2. The summed E-state index contributed by atoms with van der Waals surface area (Å²) in [7, 11) is 0. The van der Waals surface area contributed by atoms with Crippen LogP contribution in [0.1, 0.15) is 57.4 Å². The fourth-order valence-electron chi connectivity index (χ4n) is 6.68. The van der Waals surface area contributed by atoms with Crippen LogP contribution in [0, 0.1) is 5.92 Å². The predicted octanol–water partition coefficient (Wildman–Crippen LogP) is 5.49. The molecule has 0 radical (unpaired) electrons. The van der Waals surface area contributed by atoms with Crippen LogP contribution in [-0.4, -0.2) is 75.7 Å².